The van der Waals surface area contributed by atoms with Crippen LogP contribution in [0.1, 0.15) is 19.3 Å². The zero-order valence-corrected chi connectivity index (χ0v) is 9.27. The number of hydrazine groups is 2. The van der Waals surface area contributed by atoms with E-state index in [9.17, 15) is 9.59 Å². The number of carbonyl (C=O) groups excluding carboxylic acids is 1. The van der Waals surface area contributed by atoms with Gasteiger partial charge in [0.1, 0.15) is 6.04 Å². The average molecular weight is 246 g/mol. The molecule has 2 amide bonds. The maximum Gasteiger partial charge on any atom is 0.329 e. The van der Waals surface area contributed by atoms with Crippen LogP contribution in [0.2, 0.25) is 0 Å². The molecule has 0 heterocycles. The fraction of sp³-hybridized carbons (Fsp3) is 0.750. The summed E-state index contributed by atoms with van der Waals surface area (Å²) in [6, 6.07) is -1.20. The normalized spacial score (nSPS) is 18.2. The molecular weight excluding hydrogens is 228 g/mol. The van der Waals surface area contributed by atoms with Gasteiger partial charge in [-0.05, 0) is 12.8 Å². The van der Waals surface area contributed by atoms with Gasteiger partial charge in [0.05, 0.1) is 6.17 Å². The standard InChI is InChI=1S/C8H18N6O3/c9-5(7(15)16)3-6(12-10)13-14-8(17)11-4-1-2-4/h4-6,12-13H,1-3,9-10H2,(H,15,16)(H2,11,14,17). The topological polar surface area (TPSA) is 155 Å². The number of nitrogens with two attached hydrogens (primary N) is 2. The summed E-state index contributed by atoms with van der Waals surface area (Å²) in [6.07, 6.45) is 1.38. The van der Waals surface area contributed by atoms with Crippen LogP contribution in [-0.4, -0.2) is 35.4 Å². The van der Waals surface area contributed by atoms with Crippen LogP contribution in [0.5, 0.6) is 0 Å². The molecule has 1 rings (SSSR count). The Kier molecular flexibility index (Phi) is 5.10. The zero-order valence-electron chi connectivity index (χ0n) is 9.27. The Morgan fingerprint density at radius 3 is 2.53 bits per heavy atom. The van der Waals surface area contributed by atoms with E-state index in [-0.39, 0.29) is 18.5 Å². The Bertz CT molecular complexity index is 282. The van der Waals surface area contributed by atoms with Crippen molar-refractivity contribution in [1.29, 1.82) is 0 Å². The van der Waals surface area contributed by atoms with Crippen LogP contribution in [0.4, 0.5) is 4.79 Å². The largest absolute Gasteiger partial charge is 0.480 e. The van der Waals surface area contributed by atoms with Crippen molar-refractivity contribution < 1.29 is 14.7 Å². The SMILES string of the molecule is NNC(CC(N)C(=O)O)NNC(=O)NC1CC1. The second kappa shape index (κ2) is 6.35. The molecule has 0 saturated heterocycles. The number of rotatable bonds is 7. The summed E-state index contributed by atoms with van der Waals surface area (Å²) in [7, 11) is 0. The van der Waals surface area contributed by atoms with Gasteiger partial charge in [0.2, 0.25) is 0 Å². The van der Waals surface area contributed by atoms with Crippen LogP contribution in [0, 0.1) is 0 Å². The summed E-state index contributed by atoms with van der Waals surface area (Å²) in [5, 5.41) is 11.3. The molecule has 1 fully saturated rings. The second-order valence-corrected chi connectivity index (χ2v) is 3.92. The lowest BCUT2D eigenvalue weighted by Gasteiger charge is -2.20. The van der Waals surface area contributed by atoms with Crippen LogP contribution in [0.3, 0.4) is 0 Å². The number of carboxylic acid groups (broad SMARTS) is 1. The van der Waals surface area contributed by atoms with Gasteiger partial charge < -0.3 is 16.2 Å². The molecule has 9 nitrogen and oxygen atoms in total. The zero-order chi connectivity index (χ0) is 12.8. The minimum Gasteiger partial charge on any atom is -0.480 e. The van der Waals surface area contributed by atoms with E-state index in [1.807, 2.05) is 0 Å². The first-order chi connectivity index (χ1) is 8.02. The van der Waals surface area contributed by atoms with Crippen molar-refractivity contribution >= 4 is 12.0 Å². The Hall–Kier alpha value is -1.42. The highest BCUT2D eigenvalue weighted by molar-refractivity contribution is 5.74. The molecule has 0 aromatic carbocycles. The highest BCUT2D eigenvalue weighted by atomic mass is 16.4. The van der Waals surface area contributed by atoms with Gasteiger partial charge in [-0.25, -0.2) is 15.6 Å². The van der Waals surface area contributed by atoms with E-state index in [4.69, 9.17) is 16.7 Å². The lowest BCUT2D eigenvalue weighted by atomic mass is 10.2. The first-order valence-electron chi connectivity index (χ1n) is 5.29. The lowest BCUT2D eigenvalue weighted by Crippen LogP contribution is -2.58. The molecular formula is C8H18N6O3. The molecule has 98 valence electrons. The summed E-state index contributed by atoms with van der Waals surface area (Å²) in [5.41, 5.74) is 12.5. The van der Waals surface area contributed by atoms with Crippen molar-refractivity contribution in [3.05, 3.63) is 0 Å². The fourth-order valence-corrected chi connectivity index (χ4v) is 1.13. The van der Waals surface area contributed by atoms with E-state index in [0.717, 1.165) is 12.8 Å². The quantitative estimate of drug-likeness (QED) is 0.149. The van der Waals surface area contributed by atoms with Gasteiger partial charge in [0.25, 0.3) is 0 Å². The number of hydrogen-bond donors (Lipinski definition) is 7. The summed E-state index contributed by atoms with van der Waals surface area (Å²) < 4.78 is 0. The molecule has 0 aromatic heterocycles. The monoisotopic (exact) mass is 246 g/mol. The molecule has 17 heavy (non-hydrogen) atoms. The Labute approximate surface area is 98.2 Å². The molecule has 0 bridgehead atoms. The Balaban J connectivity index is 2.20. The fourth-order valence-electron chi connectivity index (χ4n) is 1.13. The highest BCUT2D eigenvalue weighted by Crippen LogP contribution is 2.17. The number of aliphatic carboxylic acids is 1. The summed E-state index contributed by atoms with van der Waals surface area (Å²) >= 11 is 0. The second-order valence-electron chi connectivity index (χ2n) is 3.92. The third kappa shape index (κ3) is 5.45. The van der Waals surface area contributed by atoms with Gasteiger partial charge in [0.15, 0.2) is 0 Å². The van der Waals surface area contributed by atoms with E-state index in [1.165, 1.54) is 0 Å². The molecule has 1 saturated carbocycles. The van der Waals surface area contributed by atoms with Crippen molar-refractivity contribution in [1.82, 2.24) is 21.6 Å². The van der Waals surface area contributed by atoms with E-state index in [0.29, 0.717) is 0 Å². The number of amides is 2. The first kappa shape index (κ1) is 13.6. The summed E-state index contributed by atoms with van der Waals surface area (Å²) in [4.78, 5) is 21.8. The maximum atomic E-state index is 11.2. The number of carbonyl (C=O) groups is 2. The van der Waals surface area contributed by atoms with Crippen molar-refractivity contribution in [2.75, 3.05) is 0 Å². The van der Waals surface area contributed by atoms with Crippen molar-refractivity contribution in [3.63, 3.8) is 0 Å². The van der Waals surface area contributed by atoms with Gasteiger partial charge >= 0.3 is 12.0 Å². The summed E-state index contributed by atoms with van der Waals surface area (Å²) in [6.45, 7) is 0. The highest BCUT2D eigenvalue weighted by Gasteiger charge is 2.23. The van der Waals surface area contributed by atoms with Crippen molar-refractivity contribution in [2.45, 2.75) is 37.5 Å². The number of hydrogen-bond acceptors (Lipinski definition) is 6. The van der Waals surface area contributed by atoms with Crippen molar-refractivity contribution in [2.24, 2.45) is 11.6 Å². The molecule has 9 N–H and O–H groups in total. The predicted octanol–water partition coefficient (Wildman–Crippen LogP) is -2.46. The third-order valence-corrected chi connectivity index (χ3v) is 2.28. The van der Waals surface area contributed by atoms with Gasteiger partial charge in [-0.1, -0.05) is 0 Å². The van der Waals surface area contributed by atoms with Gasteiger partial charge in [-0.3, -0.25) is 16.1 Å². The van der Waals surface area contributed by atoms with Gasteiger partial charge in [0, 0.05) is 12.5 Å². The molecule has 9 heteroatoms. The van der Waals surface area contributed by atoms with Crippen molar-refractivity contribution in [3.8, 4) is 0 Å². The van der Waals surface area contributed by atoms with Crippen LogP contribution in [0.15, 0.2) is 0 Å². The average Bonchev–Trinajstić information content (AvgIpc) is 3.07. The molecule has 0 radical (unpaired) electrons. The van der Waals surface area contributed by atoms with Gasteiger partial charge in [-0.2, -0.15) is 0 Å². The van der Waals surface area contributed by atoms with Crippen LogP contribution >= 0.6 is 0 Å². The van der Waals surface area contributed by atoms with E-state index < -0.39 is 18.2 Å². The number of carboxylic acids is 1. The molecule has 1 aliphatic carbocycles. The molecule has 0 aromatic rings. The smallest absolute Gasteiger partial charge is 0.329 e. The molecule has 1 aliphatic rings. The van der Waals surface area contributed by atoms with Crippen LogP contribution in [0.25, 0.3) is 0 Å². The minimum absolute atomic E-state index is 0.0372. The lowest BCUT2D eigenvalue weighted by molar-refractivity contribution is -0.138. The maximum absolute atomic E-state index is 11.2. The Morgan fingerprint density at radius 1 is 1.41 bits per heavy atom. The first-order valence-corrected chi connectivity index (χ1v) is 5.29. The molecule has 2 unspecified atom stereocenters. The van der Waals surface area contributed by atoms with E-state index >= 15 is 0 Å². The number of nitrogens with one attached hydrogen (secondary N) is 4. The third-order valence-electron chi connectivity index (χ3n) is 2.28. The molecule has 0 aliphatic heterocycles. The molecule has 0 spiro atoms. The number of urea groups is 1. The molecule has 2 atom stereocenters. The van der Waals surface area contributed by atoms with E-state index in [1.54, 1.807) is 0 Å². The summed E-state index contributed by atoms with van der Waals surface area (Å²) in [5.74, 6) is 4.06. The Morgan fingerprint density at radius 2 is 2.06 bits per heavy atom. The predicted molar refractivity (Wildman–Crippen MR) is 59.2 cm³/mol. The van der Waals surface area contributed by atoms with E-state index in [2.05, 4.69) is 21.6 Å². The van der Waals surface area contributed by atoms with Crippen LogP contribution in [-0.2, 0) is 4.79 Å². The van der Waals surface area contributed by atoms with Gasteiger partial charge in [-0.15, -0.1) is 0 Å². The minimum atomic E-state index is -1.13. The van der Waals surface area contributed by atoms with Crippen LogP contribution < -0.4 is 33.2 Å².